The molecule has 4 rings (SSSR count). The van der Waals surface area contributed by atoms with E-state index >= 15 is 0 Å². The molecule has 0 radical (unpaired) electrons. The van der Waals surface area contributed by atoms with Gasteiger partial charge in [-0.2, -0.15) is 11.3 Å². The molecule has 31 heavy (non-hydrogen) atoms. The summed E-state index contributed by atoms with van der Waals surface area (Å²) < 4.78 is 5.72. The first-order valence-electron chi connectivity index (χ1n) is 11.0. The average molecular weight is 442 g/mol. The van der Waals surface area contributed by atoms with Crippen LogP contribution in [0.4, 0.5) is 4.79 Å². The maximum absolute atomic E-state index is 13.2. The lowest BCUT2D eigenvalue weighted by molar-refractivity contribution is -0.133. The summed E-state index contributed by atoms with van der Waals surface area (Å²) in [5.41, 5.74) is 1.44. The van der Waals surface area contributed by atoms with E-state index in [9.17, 15) is 9.59 Å². The van der Waals surface area contributed by atoms with Gasteiger partial charge in [0.15, 0.2) is 0 Å². The summed E-state index contributed by atoms with van der Waals surface area (Å²) in [5, 5.41) is 6.96. The molecule has 3 heterocycles. The molecular weight excluding hydrogens is 410 g/mol. The fourth-order valence-corrected chi connectivity index (χ4v) is 5.23. The monoisotopic (exact) mass is 441 g/mol. The molecule has 0 bridgehead atoms. The van der Waals surface area contributed by atoms with Crippen molar-refractivity contribution in [3.63, 3.8) is 0 Å². The van der Waals surface area contributed by atoms with Crippen LogP contribution in [0, 0.1) is 5.92 Å². The van der Waals surface area contributed by atoms with Crippen LogP contribution in [0.25, 0.3) is 0 Å². The summed E-state index contributed by atoms with van der Waals surface area (Å²) in [4.78, 5) is 29.5. The van der Waals surface area contributed by atoms with Gasteiger partial charge >= 0.3 is 6.03 Å². The lowest BCUT2D eigenvalue weighted by Crippen LogP contribution is -2.53. The van der Waals surface area contributed by atoms with Gasteiger partial charge in [-0.3, -0.25) is 14.6 Å². The van der Waals surface area contributed by atoms with Crippen molar-refractivity contribution in [3.8, 4) is 5.75 Å². The first-order valence-corrected chi connectivity index (χ1v) is 11.9. The summed E-state index contributed by atoms with van der Waals surface area (Å²) in [6.07, 6.45) is 1.96. The number of urea groups is 1. The van der Waals surface area contributed by atoms with Gasteiger partial charge in [-0.15, -0.1) is 0 Å². The van der Waals surface area contributed by atoms with Crippen LogP contribution in [0.5, 0.6) is 5.75 Å². The van der Waals surface area contributed by atoms with Crippen LogP contribution in [-0.2, 0) is 17.9 Å². The summed E-state index contributed by atoms with van der Waals surface area (Å²) in [7, 11) is 0. The molecule has 1 aromatic heterocycles. The van der Waals surface area contributed by atoms with Crippen LogP contribution in [0.15, 0.2) is 41.1 Å². The predicted molar refractivity (Wildman–Crippen MR) is 122 cm³/mol. The quantitative estimate of drug-likeness (QED) is 0.652. The number of ether oxygens (including phenoxy) is 1. The fourth-order valence-electron chi connectivity index (χ4n) is 4.57. The van der Waals surface area contributed by atoms with E-state index in [0.717, 1.165) is 43.8 Å². The summed E-state index contributed by atoms with van der Waals surface area (Å²) in [5.74, 6) is 0.949. The third-order valence-corrected chi connectivity index (χ3v) is 7.06. The highest BCUT2D eigenvalue weighted by Crippen LogP contribution is 2.34. The molecule has 166 valence electrons. The van der Waals surface area contributed by atoms with E-state index in [-0.39, 0.29) is 24.0 Å². The number of rotatable bonds is 7. The van der Waals surface area contributed by atoms with Gasteiger partial charge in [0.1, 0.15) is 11.3 Å². The molecule has 7 heteroatoms. The van der Waals surface area contributed by atoms with E-state index in [1.54, 1.807) is 11.3 Å². The van der Waals surface area contributed by atoms with Crippen molar-refractivity contribution >= 4 is 23.3 Å². The molecule has 0 unspecified atom stereocenters. The van der Waals surface area contributed by atoms with Gasteiger partial charge in [0, 0.05) is 6.54 Å². The van der Waals surface area contributed by atoms with Crippen molar-refractivity contribution in [2.75, 3.05) is 13.1 Å². The van der Waals surface area contributed by atoms with E-state index in [4.69, 9.17) is 4.74 Å². The number of benzene rings is 1. The number of thiophene rings is 1. The van der Waals surface area contributed by atoms with Crippen molar-refractivity contribution in [1.82, 2.24) is 15.1 Å². The molecule has 6 nitrogen and oxygen atoms in total. The van der Waals surface area contributed by atoms with Gasteiger partial charge in [-0.05, 0) is 92.7 Å². The zero-order valence-corrected chi connectivity index (χ0v) is 19.3. The smallest absolute Gasteiger partial charge is 0.325 e. The number of hydrogen-bond acceptors (Lipinski definition) is 5. The Kier molecular flexibility index (Phi) is 6.34. The maximum Gasteiger partial charge on any atom is 0.325 e. The molecular formula is C24H31N3O3S. The number of amides is 3. The minimum absolute atomic E-state index is 0.0945. The van der Waals surface area contributed by atoms with Crippen molar-refractivity contribution in [1.29, 1.82) is 0 Å². The minimum Gasteiger partial charge on any atom is -0.491 e. The van der Waals surface area contributed by atoms with E-state index in [1.165, 1.54) is 10.5 Å². The highest BCUT2D eigenvalue weighted by molar-refractivity contribution is 7.07. The van der Waals surface area contributed by atoms with Crippen LogP contribution < -0.4 is 10.1 Å². The Morgan fingerprint density at radius 3 is 2.42 bits per heavy atom. The second kappa shape index (κ2) is 9.01. The number of carbonyl (C=O) groups is 2. The van der Waals surface area contributed by atoms with Crippen molar-refractivity contribution in [2.24, 2.45) is 5.92 Å². The Balaban J connectivity index is 1.33. The van der Waals surface area contributed by atoms with E-state index < -0.39 is 5.54 Å². The SMILES string of the molecule is CC(C)Oc1ccc(CN2CCC([C@@]3(C)NC(=O)N(Cc4ccsc4)C3=O)CC2)cc1. The van der Waals surface area contributed by atoms with Crippen LogP contribution >= 0.6 is 11.3 Å². The van der Waals surface area contributed by atoms with Crippen molar-refractivity contribution < 1.29 is 14.3 Å². The van der Waals surface area contributed by atoms with Crippen LogP contribution in [0.3, 0.4) is 0 Å². The highest BCUT2D eigenvalue weighted by Gasteiger charge is 2.52. The molecule has 0 spiro atoms. The number of nitrogens with one attached hydrogen (secondary N) is 1. The Labute approximate surface area is 188 Å². The van der Waals surface area contributed by atoms with Crippen molar-refractivity contribution in [3.05, 3.63) is 52.2 Å². The fraction of sp³-hybridized carbons (Fsp3) is 0.500. The summed E-state index contributed by atoms with van der Waals surface area (Å²) in [6, 6.07) is 9.98. The van der Waals surface area contributed by atoms with Gasteiger partial charge < -0.3 is 10.1 Å². The number of piperidine rings is 1. The molecule has 2 fully saturated rings. The second-order valence-electron chi connectivity index (χ2n) is 9.02. The highest BCUT2D eigenvalue weighted by atomic mass is 32.1. The standard InChI is InChI=1S/C24H31N3O3S/c1-17(2)30-21-6-4-18(5-7-21)14-26-11-8-20(9-12-26)24(3)22(28)27(23(29)25-24)15-19-10-13-31-16-19/h4-7,10,13,16-17,20H,8-9,11-12,14-15H2,1-3H3,(H,25,29)/t24-/m1/s1. The molecule has 2 aromatic rings. The van der Waals surface area contributed by atoms with E-state index in [2.05, 4.69) is 22.3 Å². The zero-order valence-electron chi connectivity index (χ0n) is 18.5. The normalized spacial score (nSPS) is 22.9. The molecule has 0 saturated carbocycles. The van der Waals surface area contributed by atoms with Gasteiger partial charge in [-0.1, -0.05) is 12.1 Å². The number of likely N-dealkylation sites (tertiary alicyclic amines) is 1. The van der Waals surface area contributed by atoms with E-state index in [1.807, 2.05) is 49.7 Å². The predicted octanol–water partition coefficient (Wildman–Crippen LogP) is 4.26. The number of imide groups is 1. The molecule has 2 aliphatic heterocycles. The molecule has 2 aliphatic rings. The summed E-state index contributed by atoms with van der Waals surface area (Å²) >= 11 is 1.58. The topological polar surface area (TPSA) is 61.9 Å². The van der Waals surface area contributed by atoms with E-state index in [0.29, 0.717) is 6.54 Å². The van der Waals surface area contributed by atoms with Crippen LogP contribution in [0.2, 0.25) is 0 Å². The first-order chi connectivity index (χ1) is 14.8. The van der Waals surface area contributed by atoms with Crippen molar-refractivity contribution in [2.45, 2.75) is 58.3 Å². The van der Waals surface area contributed by atoms with Gasteiger partial charge in [0.2, 0.25) is 0 Å². The molecule has 3 amide bonds. The van der Waals surface area contributed by atoms with Crippen LogP contribution in [0.1, 0.15) is 44.7 Å². The first kappa shape index (κ1) is 21.8. The average Bonchev–Trinajstić information content (AvgIpc) is 3.33. The second-order valence-corrected chi connectivity index (χ2v) is 9.80. The molecule has 2 saturated heterocycles. The zero-order chi connectivity index (χ0) is 22.0. The molecule has 0 aliphatic carbocycles. The molecule has 1 atom stereocenters. The summed E-state index contributed by atoms with van der Waals surface area (Å²) in [6.45, 7) is 9.01. The van der Waals surface area contributed by atoms with Gasteiger partial charge in [0.25, 0.3) is 5.91 Å². The Morgan fingerprint density at radius 1 is 1.10 bits per heavy atom. The number of nitrogens with zero attached hydrogens (tertiary/aromatic N) is 2. The molecule has 1 N–H and O–H groups in total. The Hall–Kier alpha value is -2.38. The lowest BCUT2D eigenvalue weighted by atomic mass is 9.79. The maximum atomic E-state index is 13.2. The van der Waals surface area contributed by atoms with Gasteiger partial charge in [0.05, 0.1) is 12.6 Å². The van der Waals surface area contributed by atoms with Gasteiger partial charge in [-0.25, -0.2) is 4.79 Å². The Morgan fingerprint density at radius 2 is 1.81 bits per heavy atom. The third-order valence-electron chi connectivity index (χ3n) is 6.33. The minimum atomic E-state index is -0.810. The largest absolute Gasteiger partial charge is 0.491 e. The number of hydrogen-bond donors (Lipinski definition) is 1. The lowest BCUT2D eigenvalue weighted by Gasteiger charge is -2.39. The Bertz CT molecular complexity index is 905. The van der Waals surface area contributed by atoms with Crippen LogP contribution in [-0.4, -0.2) is 46.5 Å². The number of carbonyl (C=O) groups excluding carboxylic acids is 2. The molecule has 1 aromatic carbocycles. The third kappa shape index (κ3) is 4.77.